The van der Waals surface area contributed by atoms with Crippen LogP contribution < -0.4 is 5.32 Å². The van der Waals surface area contributed by atoms with E-state index in [9.17, 15) is 4.79 Å². The second-order valence-electron chi connectivity index (χ2n) is 6.01. The van der Waals surface area contributed by atoms with E-state index in [1.54, 1.807) is 0 Å². The van der Waals surface area contributed by atoms with Crippen LogP contribution in [0.4, 0.5) is 0 Å². The van der Waals surface area contributed by atoms with Gasteiger partial charge in [0.15, 0.2) is 0 Å². The molecule has 2 rings (SSSR count). The third-order valence-electron chi connectivity index (χ3n) is 4.66. The van der Waals surface area contributed by atoms with Crippen LogP contribution in [-0.4, -0.2) is 25.7 Å². The second-order valence-corrected chi connectivity index (χ2v) is 6.01. The molecule has 1 amide bonds. The standard InChI is InChI=1S/C16H27NO2/c1-2-19-12-11-16(9-5-6-10-16)13-17-15(18)14-7-3-4-8-14/h3-4,14H,2,5-13H2,1H3,(H,17,18). The van der Waals surface area contributed by atoms with Crippen molar-refractivity contribution in [3.63, 3.8) is 0 Å². The van der Waals surface area contributed by atoms with Crippen LogP contribution in [0, 0.1) is 11.3 Å². The van der Waals surface area contributed by atoms with Crippen molar-refractivity contribution in [3.05, 3.63) is 12.2 Å². The van der Waals surface area contributed by atoms with Gasteiger partial charge in [-0.15, -0.1) is 0 Å². The zero-order chi connectivity index (χ0) is 13.6. The average molecular weight is 265 g/mol. The van der Waals surface area contributed by atoms with E-state index < -0.39 is 0 Å². The number of carbonyl (C=O) groups is 1. The van der Waals surface area contributed by atoms with Gasteiger partial charge in [0.05, 0.1) is 0 Å². The molecule has 0 saturated heterocycles. The van der Waals surface area contributed by atoms with E-state index >= 15 is 0 Å². The lowest BCUT2D eigenvalue weighted by atomic mass is 9.82. The Morgan fingerprint density at radius 1 is 1.32 bits per heavy atom. The van der Waals surface area contributed by atoms with E-state index in [1.807, 2.05) is 6.92 Å². The molecule has 1 saturated carbocycles. The lowest BCUT2D eigenvalue weighted by Crippen LogP contribution is -2.39. The summed E-state index contributed by atoms with van der Waals surface area (Å²) in [4.78, 5) is 12.1. The van der Waals surface area contributed by atoms with Crippen LogP contribution in [0.1, 0.15) is 51.9 Å². The first-order chi connectivity index (χ1) is 9.26. The molecule has 0 spiro atoms. The molecule has 0 bridgehead atoms. The number of hydrogen-bond acceptors (Lipinski definition) is 2. The fraction of sp³-hybridized carbons (Fsp3) is 0.812. The summed E-state index contributed by atoms with van der Waals surface area (Å²) in [6.07, 6.45) is 12.2. The fourth-order valence-electron chi connectivity index (χ4n) is 3.32. The molecule has 0 atom stereocenters. The van der Waals surface area contributed by atoms with Gasteiger partial charge in [-0.25, -0.2) is 0 Å². The van der Waals surface area contributed by atoms with Gasteiger partial charge in [-0.05, 0) is 44.4 Å². The van der Waals surface area contributed by atoms with Gasteiger partial charge in [0, 0.05) is 25.7 Å². The third kappa shape index (κ3) is 4.07. The first-order valence-electron chi connectivity index (χ1n) is 7.76. The molecule has 0 unspecified atom stereocenters. The van der Waals surface area contributed by atoms with Crippen molar-refractivity contribution in [3.8, 4) is 0 Å². The lowest BCUT2D eigenvalue weighted by molar-refractivity contribution is -0.125. The zero-order valence-corrected chi connectivity index (χ0v) is 12.1. The Morgan fingerprint density at radius 2 is 2.00 bits per heavy atom. The minimum Gasteiger partial charge on any atom is -0.382 e. The van der Waals surface area contributed by atoms with Crippen molar-refractivity contribution in [2.24, 2.45) is 11.3 Å². The maximum atomic E-state index is 12.1. The molecular weight excluding hydrogens is 238 g/mol. The second kappa shape index (κ2) is 7.09. The molecule has 0 aromatic heterocycles. The Labute approximate surface area is 116 Å². The van der Waals surface area contributed by atoms with Crippen LogP contribution >= 0.6 is 0 Å². The SMILES string of the molecule is CCOCCC1(CNC(=O)C2CC=CC2)CCCC1. The van der Waals surface area contributed by atoms with Crippen molar-refractivity contribution in [1.29, 1.82) is 0 Å². The molecule has 0 aromatic carbocycles. The Kier molecular flexibility index (Phi) is 5.44. The topological polar surface area (TPSA) is 38.3 Å². The maximum absolute atomic E-state index is 12.1. The highest BCUT2D eigenvalue weighted by molar-refractivity contribution is 5.79. The quantitative estimate of drug-likeness (QED) is 0.567. The van der Waals surface area contributed by atoms with Gasteiger partial charge in [-0.2, -0.15) is 0 Å². The number of amides is 1. The minimum absolute atomic E-state index is 0.186. The van der Waals surface area contributed by atoms with E-state index in [1.165, 1.54) is 25.7 Å². The molecular formula is C16H27NO2. The molecule has 19 heavy (non-hydrogen) atoms. The molecule has 1 fully saturated rings. The Morgan fingerprint density at radius 3 is 2.63 bits per heavy atom. The van der Waals surface area contributed by atoms with Gasteiger partial charge < -0.3 is 10.1 Å². The minimum atomic E-state index is 0.186. The van der Waals surface area contributed by atoms with Crippen molar-refractivity contribution in [2.45, 2.75) is 51.9 Å². The van der Waals surface area contributed by atoms with Crippen LogP contribution in [0.3, 0.4) is 0 Å². The summed E-state index contributed by atoms with van der Waals surface area (Å²) in [5.74, 6) is 0.429. The molecule has 2 aliphatic carbocycles. The predicted octanol–water partition coefficient (Wildman–Crippen LogP) is 3.06. The smallest absolute Gasteiger partial charge is 0.223 e. The molecule has 0 heterocycles. The Bertz CT molecular complexity index is 311. The summed E-state index contributed by atoms with van der Waals surface area (Å²) in [6.45, 7) is 4.50. The van der Waals surface area contributed by atoms with Crippen molar-refractivity contribution >= 4 is 5.91 Å². The van der Waals surface area contributed by atoms with Crippen LogP contribution in [0.5, 0.6) is 0 Å². The molecule has 0 aliphatic heterocycles. The van der Waals surface area contributed by atoms with Gasteiger partial charge in [0.25, 0.3) is 0 Å². The number of nitrogens with one attached hydrogen (secondary N) is 1. The van der Waals surface area contributed by atoms with Crippen molar-refractivity contribution in [2.75, 3.05) is 19.8 Å². The van der Waals surface area contributed by atoms with Gasteiger partial charge in [-0.1, -0.05) is 25.0 Å². The number of hydrogen-bond donors (Lipinski definition) is 1. The number of ether oxygens (including phenoxy) is 1. The first kappa shape index (κ1) is 14.6. The highest BCUT2D eigenvalue weighted by Crippen LogP contribution is 2.40. The largest absolute Gasteiger partial charge is 0.382 e. The van der Waals surface area contributed by atoms with E-state index in [0.29, 0.717) is 5.41 Å². The van der Waals surface area contributed by atoms with Gasteiger partial charge in [-0.3, -0.25) is 4.79 Å². The highest BCUT2D eigenvalue weighted by atomic mass is 16.5. The van der Waals surface area contributed by atoms with Crippen LogP contribution in [0.25, 0.3) is 0 Å². The monoisotopic (exact) mass is 265 g/mol. The van der Waals surface area contributed by atoms with E-state index in [2.05, 4.69) is 17.5 Å². The molecule has 0 aromatic rings. The van der Waals surface area contributed by atoms with E-state index in [4.69, 9.17) is 4.74 Å². The summed E-state index contributed by atoms with van der Waals surface area (Å²) < 4.78 is 5.50. The molecule has 0 radical (unpaired) electrons. The molecule has 2 aliphatic rings. The third-order valence-corrected chi connectivity index (χ3v) is 4.66. The van der Waals surface area contributed by atoms with Crippen LogP contribution in [0.15, 0.2) is 12.2 Å². The number of allylic oxidation sites excluding steroid dienone is 2. The summed E-state index contributed by atoms with van der Waals surface area (Å²) >= 11 is 0. The normalized spacial score (nSPS) is 21.9. The molecule has 3 nitrogen and oxygen atoms in total. The highest BCUT2D eigenvalue weighted by Gasteiger charge is 2.34. The van der Waals surface area contributed by atoms with E-state index in [-0.39, 0.29) is 11.8 Å². The summed E-state index contributed by atoms with van der Waals surface area (Å²) in [5.41, 5.74) is 0.302. The van der Waals surface area contributed by atoms with Gasteiger partial charge in [0.1, 0.15) is 0 Å². The average Bonchev–Trinajstić information content (AvgIpc) is 3.08. The Balaban J connectivity index is 1.77. The number of rotatable bonds is 7. The first-order valence-corrected chi connectivity index (χ1v) is 7.76. The lowest BCUT2D eigenvalue weighted by Gasteiger charge is -2.29. The van der Waals surface area contributed by atoms with Gasteiger partial charge in [0.2, 0.25) is 5.91 Å². The maximum Gasteiger partial charge on any atom is 0.223 e. The Hall–Kier alpha value is -0.830. The fourth-order valence-corrected chi connectivity index (χ4v) is 3.32. The summed E-state index contributed by atoms with van der Waals surface area (Å²) in [5, 5.41) is 3.20. The summed E-state index contributed by atoms with van der Waals surface area (Å²) in [7, 11) is 0. The van der Waals surface area contributed by atoms with Crippen LogP contribution in [0.2, 0.25) is 0 Å². The van der Waals surface area contributed by atoms with Crippen molar-refractivity contribution < 1.29 is 9.53 Å². The molecule has 1 N–H and O–H groups in total. The van der Waals surface area contributed by atoms with E-state index in [0.717, 1.165) is 39.0 Å². The van der Waals surface area contributed by atoms with Crippen molar-refractivity contribution in [1.82, 2.24) is 5.32 Å². The van der Waals surface area contributed by atoms with Crippen LogP contribution in [-0.2, 0) is 9.53 Å². The molecule has 3 heteroatoms. The molecule has 108 valence electrons. The zero-order valence-electron chi connectivity index (χ0n) is 12.1. The number of carbonyl (C=O) groups excluding carboxylic acids is 1. The predicted molar refractivity (Wildman–Crippen MR) is 76.9 cm³/mol. The van der Waals surface area contributed by atoms with Gasteiger partial charge >= 0.3 is 0 Å². The summed E-state index contributed by atoms with van der Waals surface area (Å²) in [6, 6.07) is 0.